The molecule has 1 aliphatic rings. The average molecular weight is 410 g/mol. The van der Waals surface area contributed by atoms with E-state index in [1.807, 2.05) is 68.7 Å². The van der Waals surface area contributed by atoms with E-state index in [0.29, 0.717) is 25.3 Å². The average Bonchev–Trinajstić information content (AvgIpc) is 2.78. The molecule has 6 nitrogen and oxygen atoms in total. The quantitative estimate of drug-likeness (QED) is 0.678. The van der Waals surface area contributed by atoms with E-state index >= 15 is 0 Å². The summed E-state index contributed by atoms with van der Waals surface area (Å²) in [5.74, 6) is 0.543. The molecule has 6 heteroatoms. The highest BCUT2D eigenvalue weighted by molar-refractivity contribution is 5.96. The van der Waals surface area contributed by atoms with Gasteiger partial charge in [-0.1, -0.05) is 18.2 Å². The molecule has 3 rings (SSSR count). The van der Waals surface area contributed by atoms with Gasteiger partial charge in [-0.25, -0.2) is 0 Å². The van der Waals surface area contributed by atoms with Crippen molar-refractivity contribution in [2.45, 2.75) is 19.3 Å². The number of carbonyl (C=O) groups excluding carboxylic acids is 2. The first-order valence-corrected chi connectivity index (χ1v) is 10.6. The van der Waals surface area contributed by atoms with Crippen LogP contribution in [0.2, 0.25) is 0 Å². The fraction of sp³-hybridized carbons (Fsp3) is 0.417. The summed E-state index contributed by atoms with van der Waals surface area (Å²) in [4.78, 5) is 29.3. The largest absolute Gasteiger partial charge is 0.494 e. The molecule has 0 bridgehead atoms. The summed E-state index contributed by atoms with van der Waals surface area (Å²) in [7, 11) is 4.08. The summed E-state index contributed by atoms with van der Waals surface area (Å²) in [6.07, 6.45) is 2.58. The van der Waals surface area contributed by atoms with Crippen molar-refractivity contribution >= 4 is 17.5 Å². The molecule has 1 unspecified atom stereocenters. The molecule has 1 fully saturated rings. The van der Waals surface area contributed by atoms with Gasteiger partial charge < -0.3 is 19.9 Å². The Hall–Kier alpha value is -2.86. The van der Waals surface area contributed by atoms with E-state index in [2.05, 4.69) is 10.2 Å². The molecule has 1 atom stereocenters. The van der Waals surface area contributed by atoms with E-state index in [1.54, 1.807) is 4.90 Å². The summed E-state index contributed by atoms with van der Waals surface area (Å²) in [6.45, 7) is 2.79. The van der Waals surface area contributed by atoms with E-state index in [0.717, 1.165) is 37.2 Å². The number of rotatable bonds is 8. The van der Waals surface area contributed by atoms with Crippen LogP contribution in [0.3, 0.4) is 0 Å². The molecule has 1 heterocycles. The lowest BCUT2D eigenvalue weighted by atomic mass is 9.96. The number of piperidine rings is 1. The van der Waals surface area contributed by atoms with Crippen molar-refractivity contribution in [2.75, 3.05) is 45.7 Å². The number of hydrogen-bond donors (Lipinski definition) is 1. The van der Waals surface area contributed by atoms with Gasteiger partial charge in [-0.2, -0.15) is 0 Å². The first kappa shape index (κ1) is 21.8. The van der Waals surface area contributed by atoms with Crippen molar-refractivity contribution in [3.8, 4) is 5.75 Å². The van der Waals surface area contributed by atoms with E-state index in [9.17, 15) is 9.59 Å². The summed E-state index contributed by atoms with van der Waals surface area (Å²) < 4.78 is 5.73. The molecule has 0 saturated carbocycles. The number of ether oxygens (including phenoxy) is 1. The topological polar surface area (TPSA) is 61.9 Å². The Morgan fingerprint density at radius 2 is 1.83 bits per heavy atom. The van der Waals surface area contributed by atoms with Gasteiger partial charge in [-0.05, 0) is 69.8 Å². The van der Waals surface area contributed by atoms with Gasteiger partial charge in [0.2, 0.25) is 5.91 Å². The minimum Gasteiger partial charge on any atom is -0.494 e. The SMILES string of the molecule is CN(C)CCCOc1ccc(NC(=O)C2CCCN(C(=O)c3ccccc3)C2)cc1. The fourth-order valence-corrected chi connectivity index (χ4v) is 3.59. The smallest absolute Gasteiger partial charge is 0.253 e. The highest BCUT2D eigenvalue weighted by atomic mass is 16.5. The molecule has 0 radical (unpaired) electrons. The Labute approximate surface area is 178 Å². The zero-order valence-corrected chi connectivity index (χ0v) is 17.8. The van der Waals surface area contributed by atoms with Crippen molar-refractivity contribution < 1.29 is 14.3 Å². The number of hydrogen-bond acceptors (Lipinski definition) is 4. The van der Waals surface area contributed by atoms with Crippen LogP contribution in [0.1, 0.15) is 29.6 Å². The summed E-state index contributed by atoms with van der Waals surface area (Å²) >= 11 is 0. The van der Waals surface area contributed by atoms with Crippen LogP contribution in [-0.2, 0) is 4.79 Å². The van der Waals surface area contributed by atoms with Gasteiger partial charge in [-0.3, -0.25) is 9.59 Å². The van der Waals surface area contributed by atoms with Gasteiger partial charge in [0.1, 0.15) is 5.75 Å². The third-order valence-corrected chi connectivity index (χ3v) is 5.24. The predicted molar refractivity (Wildman–Crippen MR) is 119 cm³/mol. The van der Waals surface area contributed by atoms with Gasteiger partial charge in [0.25, 0.3) is 5.91 Å². The second-order valence-electron chi connectivity index (χ2n) is 7.98. The van der Waals surface area contributed by atoms with Crippen LogP contribution in [0.25, 0.3) is 0 Å². The monoisotopic (exact) mass is 409 g/mol. The molecule has 0 aromatic heterocycles. The minimum atomic E-state index is -0.201. The van der Waals surface area contributed by atoms with E-state index in [-0.39, 0.29) is 17.7 Å². The Morgan fingerprint density at radius 3 is 2.53 bits per heavy atom. The van der Waals surface area contributed by atoms with Gasteiger partial charge in [0.15, 0.2) is 0 Å². The van der Waals surface area contributed by atoms with Crippen LogP contribution in [0, 0.1) is 5.92 Å². The molecule has 2 aromatic carbocycles. The van der Waals surface area contributed by atoms with Gasteiger partial charge in [0, 0.05) is 30.9 Å². The molecule has 30 heavy (non-hydrogen) atoms. The van der Waals surface area contributed by atoms with E-state index < -0.39 is 0 Å². The highest BCUT2D eigenvalue weighted by Crippen LogP contribution is 2.22. The number of nitrogens with one attached hydrogen (secondary N) is 1. The maximum Gasteiger partial charge on any atom is 0.253 e. The molecule has 160 valence electrons. The molecule has 0 spiro atoms. The number of anilines is 1. The van der Waals surface area contributed by atoms with Crippen molar-refractivity contribution in [2.24, 2.45) is 5.92 Å². The first-order valence-electron chi connectivity index (χ1n) is 10.6. The first-order chi connectivity index (χ1) is 14.5. The standard InChI is InChI=1S/C24H31N3O3/c1-26(2)15-7-17-30-22-13-11-21(12-14-22)25-23(28)20-10-6-16-27(18-20)24(29)19-8-4-3-5-9-19/h3-5,8-9,11-14,20H,6-7,10,15-18H2,1-2H3,(H,25,28). The maximum absolute atomic E-state index is 12.7. The molecule has 1 aliphatic heterocycles. The van der Waals surface area contributed by atoms with E-state index in [1.165, 1.54) is 0 Å². The Morgan fingerprint density at radius 1 is 1.10 bits per heavy atom. The van der Waals surface area contributed by atoms with Gasteiger partial charge in [0.05, 0.1) is 12.5 Å². The lowest BCUT2D eigenvalue weighted by molar-refractivity contribution is -0.121. The van der Waals surface area contributed by atoms with Crippen LogP contribution in [0.4, 0.5) is 5.69 Å². The van der Waals surface area contributed by atoms with Crippen LogP contribution in [-0.4, -0.2) is 62.0 Å². The second-order valence-corrected chi connectivity index (χ2v) is 7.98. The molecular formula is C24H31N3O3. The number of carbonyl (C=O) groups is 2. The summed E-state index contributed by atoms with van der Waals surface area (Å²) in [5, 5.41) is 2.98. The molecule has 1 N–H and O–H groups in total. The fourth-order valence-electron chi connectivity index (χ4n) is 3.59. The van der Waals surface area contributed by atoms with Crippen molar-refractivity contribution in [3.63, 3.8) is 0 Å². The van der Waals surface area contributed by atoms with Gasteiger partial charge >= 0.3 is 0 Å². The van der Waals surface area contributed by atoms with E-state index in [4.69, 9.17) is 4.74 Å². The summed E-state index contributed by atoms with van der Waals surface area (Å²) in [5.41, 5.74) is 1.41. The summed E-state index contributed by atoms with van der Waals surface area (Å²) in [6, 6.07) is 16.7. The third kappa shape index (κ3) is 6.32. The highest BCUT2D eigenvalue weighted by Gasteiger charge is 2.28. The number of amides is 2. The zero-order valence-electron chi connectivity index (χ0n) is 17.8. The second kappa shape index (κ2) is 10.8. The number of likely N-dealkylation sites (tertiary alicyclic amines) is 1. The Balaban J connectivity index is 1.49. The van der Waals surface area contributed by atoms with Crippen LogP contribution in [0.5, 0.6) is 5.75 Å². The lowest BCUT2D eigenvalue weighted by Crippen LogP contribution is -2.43. The van der Waals surface area contributed by atoms with Crippen LogP contribution in [0.15, 0.2) is 54.6 Å². The maximum atomic E-state index is 12.7. The number of nitrogens with zero attached hydrogens (tertiary/aromatic N) is 2. The van der Waals surface area contributed by atoms with Crippen LogP contribution < -0.4 is 10.1 Å². The van der Waals surface area contributed by atoms with Crippen molar-refractivity contribution in [3.05, 3.63) is 60.2 Å². The zero-order chi connectivity index (χ0) is 21.3. The van der Waals surface area contributed by atoms with Crippen molar-refractivity contribution in [1.29, 1.82) is 0 Å². The van der Waals surface area contributed by atoms with Crippen molar-refractivity contribution in [1.82, 2.24) is 9.80 Å². The Kier molecular flexibility index (Phi) is 7.85. The molecule has 1 saturated heterocycles. The lowest BCUT2D eigenvalue weighted by Gasteiger charge is -2.32. The predicted octanol–water partition coefficient (Wildman–Crippen LogP) is 3.51. The minimum absolute atomic E-state index is 0.0103. The number of benzene rings is 2. The normalized spacial score (nSPS) is 16.4. The van der Waals surface area contributed by atoms with Gasteiger partial charge in [-0.15, -0.1) is 0 Å². The molecule has 2 amide bonds. The Bertz CT molecular complexity index is 821. The molecular weight excluding hydrogens is 378 g/mol. The van der Waals surface area contributed by atoms with Crippen LogP contribution >= 0.6 is 0 Å². The molecule has 0 aliphatic carbocycles. The third-order valence-electron chi connectivity index (χ3n) is 5.24. The molecule has 2 aromatic rings.